The fourth-order valence-corrected chi connectivity index (χ4v) is 4.87. The molecule has 1 fully saturated rings. The number of hydrogen-bond donors (Lipinski definition) is 0. The van der Waals surface area contributed by atoms with Crippen LogP contribution >= 0.6 is 24.0 Å². The molecule has 0 aliphatic carbocycles. The summed E-state index contributed by atoms with van der Waals surface area (Å²) in [5.41, 5.74) is -0.179. The van der Waals surface area contributed by atoms with E-state index >= 15 is 0 Å². The van der Waals surface area contributed by atoms with Crippen LogP contribution in [-0.2, 0) is 27.4 Å². The summed E-state index contributed by atoms with van der Waals surface area (Å²) in [5.74, 6) is -0.485. The molecule has 10 heteroatoms. The quantitative estimate of drug-likeness (QED) is 0.500. The molecule has 1 aliphatic heterocycles. The molecule has 0 aromatic heterocycles. The van der Waals surface area contributed by atoms with E-state index in [0.717, 1.165) is 30.2 Å². The van der Waals surface area contributed by atoms with Gasteiger partial charge in [-0.05, 0) is 35.4 Å². The molecule has 0 spiro atoms. The number of hydrogen-bond acceptors (Lipinski definition) is 5. The number of alkyl halides is 3. The van der Waals surface area contributed by atoms with Crippen molar-refractivity contribution in [2.45, 2.75) is 17.6 Å². The summed E-state index contributed by atoms with van der Waals surface area (Å²) in [6.45, 7) is -0.111. The summed E-state index contributed by atoms with van der Waals surface area (Å²) in [6.07, 6.45) is -1.99. The van der Waals surface area contributed by atoms with Crippen molar-refractivity contribution < 1.29 is 26.4 Å². The first-order valence-corrected chi connectivity index (χ1v) is 11.3. The number of halogens is 3. The maximum Gasteiger partial charge on any atom is 0.416 e. The number of nitrogens with zero attached hydrogens (tertiary/aromatic N) is 1. The van der Waals surface area contributed by atoms with Gasteiger partial charge in [0, 0.05) is 6.26 Å². The second kappa shape index (κ2) is 7.92. The molecule has 2 aromatic carbocycles. The van der Waals surface area contributed by atoms with E-state index in [1.807, 2.05) is 0 Å². The SMILES string of the molecule is CS(=O)(=O)c1ccccc1/C=C1\SC(=S)N(Cc2cccc(C(F)(F)F)c2)C1=O. The standard InChI is InChI=1S/C19H14F3NO3S3/c1-29(25,26)16-8-3-2-6-13(16)10-15-17(24)23(18(27)28-15)11-12-5-4-7-14(9-12)19(20,21)22/h2-10H,11H2,1H3/b15-10-. The number of rotatable bonds is 4. The van der Waals surface area contributed by atoms with E-state index < -0.39 is 27.5 Å². The molecule has 29 heavy (non-hydrogen) atoms. The van der Waals surface area contributed by atoms with Crippen LogP contribution in [0, 0.1) is 0 Å². The molecule has 0 atom stereocenters. The van der Waals surface area contributed by atoms with Gasteiger partial charge in [0.2, 0.25) is 0 Å². The Balaban J connectivity index is 1.89. The Morgan fingerprint density at radius 3 is 2.48 bits per heavy atom. The second-order valence-corrected chi connectivity index (χ2v) is 9.94. The van der Waals surface area contributed by atoms with Crippen molar-refractivity contribution in [2.24, 2.45) is 0 Å². The van der Waals surface area contributed by atoms with Crippen LogP contribution < -0.4 is 0 Å². The van der Waals surface area contributed by atoms with Crippen molar-refractivity contribution in [3.8, 4) is 0 Å². The molecule has 0 saturated carbocycles. The van der Waals surface area contributed by atoms with E-state index in [1.165, 1.54) is 29.2 Å². The van der Waals surface area contributed by atoms with Crippen molar-refractivity contribution in [1.82, 2.24) is 4.90 Å². The molecule has 3 rings (SSSR count). The average molecular weight is 458 g/mol. The van der Waals surface area contributed by atoms with Crippen LogP contribution in [-0.4, -0.2) is 29.8 Å². The van der Waals surface area contributed by atoms with Gasteiger partial charge in [-0.3, -0.25) is 9.69 Å². The van der Waals surface area contributed by atoms with Crippen molar-refractivity contribution in [2.75, 3.05) is 6.26 Å². The third-order valence-electron chi connectivity index (χ3n) is 4.07. The minimum Gasteiger partial charge on any atom is -0.288 e. The van der Waals surface area contributed by atoms with Gasteiger partial charge in [-0.2, -0.15) is 13.2 Å². The number of amides is 1. The molecule has 1 saturated heterocycles. The molecular weight excluding hydrogens is 443 g/mol. The maximum atomic E-state index is 12.9. The number of thiocarbonyl (C=S) groups is 1. The first kappa shape index (κ1) is 21.5. The van der Waals surface area contributed by atoms with Gasteiger partial charge < -0.3 is 0 Å². The lowest BCUT2D eigenvalue weighted by Gasteiger charge is -2.15. The fraction of sp³-hybridized carbons (Fsp3) is 0.158. The molecular formula is C19H14F3NO3S3. The Bertz CT molecular complexity index is 1120. The molecule has 1 heterocycles. The van der Waals surface area contributed by atoms with Crippen LogP contribution in [0.2, 0.25) is 0 Å². The zero-order valence-corrected chi connectivity index (χ0v) is 17.4. The highest BCUT2D eigenvalue weighted by Gasteiger charge is 2.34. The number of thioether (sulfide) groups is 1. The normalized spacial score (nSPS) is 16.7. The van der Waals surface area contributed by atoms with Gasteiger partial charge in [0.15, 0.2) is 9.84 Å². The molecule has 1 aliphatic rings. The van der Waals surface area contributed by atoms with Crippen LogP contribution in [0.5, 0.6) is 0 Å². The van der Waals surface area contributed by atoms with Gasteiger partial charge >= 0.3 is 6.18 Å². The number of sulfone groups is 1. The molecule has 1 amide bonds. The van der Waals surface area contributed by atoms with Crippen molar-refractivity contribution in [1.29, 1.82) is 0 Å². The van der Waals surface area contributed by atoms with E-state index in [4.69, 9.17) is 12.2 Å². The van der Waals surface area contributed by atoms with Gasteiger partial charge in [0.25, 0.3) is 5.91 Å². The molecule has 0 unspecified atom stereocenters. The highest BCUT2D eigenvalue weighted by molar-refractivity contribution is 8.26. The van der Waals surface area contributed by atoms with Gasteiger partial charge in [0.05, 0.1) is 21.9 Å². The highest BCUT2D eigenvalue weighted by Crippen LogP contribution is 2.35. The molecule has 4 nitrogen and oxygen atoms in total. The summed E-state index contributed by atoms with van der Waals surface area (Å²) >= 11 is 6.19. The summed E-state index contributed by atoms with van der Waals surface area (Å²) in [6, 6.07) is 10.9. The summed E-state index contributed by atoms with van der Waals surface area (Å²) < 4.78 is 62.8. The van der Waals surface area contributed by atoms with E-state index in [2.05, 4.69) is 0 Å². The summed E-state index contributed by atoms with van der Waals surface area (Å²) in [7, 11) is -3.51. The molecule has 0 N–H and O–H groups in total. The maximum absolute atomic E-state index is 12.9. The van der Waals surface area contributed by atoms with Crippen LogP contribution in [0.15, 0.2) is 58.3 Å². The molecule has 2 aromatic rings. The van der Waals surface area contributed by atoms with E-state index in [0.29, 0.717) is 5.56 Å². The Morgan fingerprint density at radius 2 is 1.83 bits per heavy atom. The van der Waals surface area contributed by atoms with Gasteiger partial charge in [-0.1, -0.05) is 54.3 Å². The van der Waals surface area contributed by atoms with Crippen molar-refractivity contribution in [3.05, 3.63) is 70.1 Å². The second-order valence-electron chi connectivity index (χ2n) is 6.28. The molecule has 0 radical (unpaired) electrons. The van der Waals surface area contributed by atoms with Crippen LogP contribution in [0.25, 0.3) is 6.08 Å². The van der Waals surface area contributed by atoms with Crippen LogP contribution in [0.1, 0.15) is 16.7 Å². The smallest absolute Gasteiger partial charge is 0.288 e. The lowest BCUT2D eigenvalue weighted by molar-refractivity contribution is -0.137. The first-order chi connectivity index (χ1) is 13.5. The Kier molecular flexibility index (Phi) is 5.88. The number of benzene rings is 2. The van der Waals surface area contributed by atoms with Gasteiger partial charge in [-0.15, -0.1) is 0 Å². The van der Waals surface area contributed by atoms with Gasteiger partial charge in [0.1, 0.15) is 4.32 Å². The zero-order chi connectivity index (χ0) is 21.4. The Hall–Kier alpha value is -2.17. The predicted octanol–water partition coefficient (Wildman–Crippen LogP) is 4.51. The Labute approximate surface area is 175 Å². The number of carbonyl (C=O) groups excluding carboxylic acids is 1. The van der Waals surface area contributed by atoms with Crippen molar-refractivity contribution in [3.63, 3.8) is 0 Å². The molecule has 152 valence electrons. The largest absolute Gasteiger partial charge is 0.416 e. The lowest BCUT2D eigenvalue weighted by Crippen LogP contribution is -2.27. The Morgan fingerprint density at radius 1 is 1.14 bits per heavy atom. The highest BCUT2D eigenvalue weighted by atomic mass is 32.2. The third kappa shape index (κ3) is 4.88. The summed E-state index contributed by atoms with van der Waals surface area (Å²) in [4.78, 5) is 14.2. The lowest BCUT2D eigenvalue weighted by atomic mass is 10.1. The topological polar surface area (TPSA) is 54.5 Å². The minimum absolute atomic E-state index is 0.0724. The van der Waals surface area contributed by atoms with Crippen LogP contribution in [0.4, 0.5) is 13.2 Å². The fourth-order valence-electron chi connectivity index (χ4n) is 2.74. The average Bonchev–Trinajstić information content (AvgIpc) is 2.88. The summed E-state index contributed by atoms with van der Waals surface area (Å²) in [5, 5.41) is 0. The third-order valence-corrected chi connectivity index (χ3v) is 6.62. The minimum atomic E-state index is -4.49. The van der Waals surface area contributed by atoms with E-state index in [1.54, 1.807) is 18.2 Å². The monoisotopic (exact) mass is 457 g/mol. The van der Waals surface area contributed by atoms with E-state index in [9.17, 15) is 26.4 Å². The molecule has 0 bridgehead atoms. The predicted molar refractivity (Wildman–Crippen MR) is 110 cm³/mol. The van der Waals surface area contributed by atoms with Gasteiger partial charge in [-0.25, -0.2) is 8.42 Å². The first-order valence-electron chi connectivity index (χ1n) is 8.17. The zero-order valence-electron chi connectivity index (χ0n) is 14.9. The van der Waals surface area contributed by atoms with Crippen LogP contribution in [0.3, 0.4) is 0 Å². The van der Waals surface area contributed by atoms with Crippen molar-refractivity contribution >= 4 is 50.1 Å². The number of carbonyl (C=O) groups is 1. The van der Waals surface area contributed by atoms with E-state index in [-0.39, 0.29) is 26.2 Å².